The lowest BCUT2D eigenvalue weighted by Crippen LogP contribution is -2.69. The number of rotatable bonds is 7. The summed E-state index contributed by atoms with van der Waals surface area (Å²) in [5.41, 5.74) is 5.70. The second-order valence-corrected chi connectivity index (χ2v) is 14.7. The van der Waals surface area contributed by atoms with E-state index in [0.29, 0.717) is 18.9 Å². The molecule has 2 N–H and O–H groups in total. The van der Waals surface area contributed by atoms with Gasteiger partial charge >= 0.3 is 6.03 Å². The van der Waals surface area contributed by atoms with E-state index in [4.69, 9.17) is 4.43 Å². The average Bonchev–Trinajstić information content (AvgIpc) is 2.91. The van der Waals surface area contributed by atoms with Gasteiger partial charge in [-0.15, -0.1) is 0 Å². The summed E-state index contributed by atoms with van der Waals surface area (Å²) in [6.45, 7) is 7.89. The van der Waals surface area contributed by atoms with Gasteiger partial charge in [-0.3, -0.25) is 10.9 Å². The molecule has 0 saturated carbocycles. The van der Waals surface area contributed by atoms with Crippen molar-refractivity contribution in [2.75, 3.05) is 25.6 Å². The summed E-state index contributed by atoms with van der Waals surface area (Å²) in [4.78, 5) is 23.5. The summed E-state index contributed by atoms with van der Waals surface area (Å²) in [7, 11) is -0.976. The maximum atomic E-state index is 13.2. The average molecular weight is 516 g/mol. The molecule has 0 radical (unpaired) electrons. The summed E-state index contributed by atoms with van der Waals surface area (Å²) in [5.74, 6) is 0.683. The summed E-state index contributed by atoms with van der Waals surface area (Å²) >= 11 is 0. The molecule has 0 spiro atoms. The lowest BCUT2D eigenvalue weighted by atomic mass is 9.97. The molecule has 8 heteroatoms. The smallest absolute Gasteiger partial charge is 0.336 e. The number of benzene rings is 2. The standard InChI is InChI=1S/C29H37N5O2Si/c1-29(2,3)37(25-13-7-5-8-14-25,26-15-9-6-10-16-26)36-24-19-23(20-30-4)21-34(22-24)28(35)33-32-27-17-11-12-18-31-27/h5-18,20,23-24H,19,21-22H2,1-4H3,(H,31,32)(H,33,35)/t23?,24-/m1/s1. The van der Waals surface area contributed by atoms with Crippen LogP contribution in [0.3, 0.4) is 0 Å². The van der Waals surface area contributed by atoms with Crippen molar-refractivity contribution in [2.24, 2.45) is 10.9 Å². The monoisotopic (exact) mass is 515 g/mol. The SMILES string of the molecule is CN=CC1C[C@@H](O[Si](c2ccccc2)(c2ccccc2)C(C)(C)C)CN(C(=O)NNc2ccccn2)C1. The van der Waals surface area contributed by atoms with Crippen molar-refractivity contribution in [3.8, 4) is 0 Å². The number of piperidine rings is 1. The van der Waals surface area contributed by atoms with E-state index in [1.165, 1.54) is 10.4 Å². The van der Waals surface area contributed by atoms with E-state index < -0.39 is 8.32 Å². The molecule has 1 unspecified atom stereocenters. The third-order valence-electron chi connectivity index (χ3n) is 6.81. The fraction of sp³-hybridized carbons (Fsp3) is 0.345. The Morgan fingerprint density at radius 1 is 1.00 bits per heavy atom. The number of hydrogen-bond donors (Lipinski definition) is 2. The van der Waals surface area contributed by atoms with Gasteiger partial charge in [0.15, 0.2) is 0 Å². The number of carbonyl (C=O) groups excluding carboxylic acids is 1. The Labute approximate surface area is 221 Å². The first kappa shape index (κ1) is 26.6. The van der Waals surface area contributed by atoms with E-state index in [-0.39, 0.29) is 23.1 Å². The third kappa shape index (κ3) is 6.09. The largest absolute Gasteiger partial charge is 0.403 e. The van der Waals surface area contributed by atoms with Gasteiger partial charge in [0.2, 0.25) is 0 Å². The van der Waals surface area contributed by atoms with Gasteiger partial charge in [0.1, 0.15) is 5.82 Å². The highest BCUT2D eigenvalue weighted by molar-refractivity contribution is 6.99. The van der Waals surface area contributed by atoms with Crippen LogP contribution >= 0.6 is 0 Å². The zero-order chi connectivity index (χ0) is 26.3. The molecule has 1 aliphatic heterocycles. The number of nitrogens with zero attached hydrogens (tertiary/aromatic N) is 3. The summed E-state index contributed by atoms with van der Waals surface area (Å²) in [5, 5.41) is 2.32. The maximum Gasteiger partial charge on any atom is 0.336 e. The minimum absolute atomic E-state index is 0.0996. The molecule has 0 aliphatic carbocycles. The zero-order valence-electron chi connectivity index (χ0n) is 22.1. The van der Waals surface area contributed by atoms with Crippen LogP contribution in [-0.2, 0) is 4.43 Å². The van der Waals surface area contributed by atoms with Gasteiger partial charge in [-0.2, -0.15) is 0 Å². The number of likely N-dealkylation sites (tertiary alicyclic amines) is 1. The van der Waals surface area contributed by atoms with Gasteiger partial charge in [0.25, 0.3) is 8.32 Å². The number of nitrogens with one attached hydrogen (secondary N) is 2. The van der Waals surface area contributed by atoms with Crippen LogP contribution in [0, 0.1) is 5.92 Å². The lowest BCUT2D eigenvalue weighted by molar-refractivity contribution is 0.0825. The fourth-order valence-corrected chi connectivity index (χ4v) is 9.92. The summed E-state index contributed by atoms with van der Waals surface area (Å²) in [6.07, 6.45) is 4.27. The van der Waals surface area contributed by atoms with Crippen LogP contribution in [0.1, 0.15) is 27.2 Å². The molecule has 1 saturated heterocycles. The first-order valence-electron chi connectivity index (χ1n) is 12.8. The number of hydrazine groups is 1. The number of hydrogen-bond acceptors (Lipinski definition) is 5. The first-order chi connectivity index (χ1) is 17.8. The third-order valence-corrected chi connectivity index (χ3v) is 11.9. The molecule has 7 nitrogen and oxygen atoms in total. The Morgan fingerprint density at radius 2 is 1.62 bits per heavy atom. The first-order valence-corrected chi connectivity index (χ1v) is 14.7. The minimum Gasteiger partial charge on any atom is -0.403 e. The van der Waals surface area contributed by atoms with Crippen molar-refractivity contribution < 1.29 is 9.22 Å². The predicted molar refractivity (Wildman–Crippen MR) is 153 cm³/mol. The van der Waals surface area contributed by atoms with E-state index in [0.717, 1.165) is 6.42 Å². The second kappa shape index (κ2) is 11.7. The normalized spacial score (nSPS) is 18.5. The number of anilines is 1. The Bertz CT molecular complexity index is 1130. The van der Waals surface area contributed by atoms with Crippen molar-refractivity contribution in [1.82, 2.24) is 15.3 Å². The number of aromatic nitrogens is 1. The van der Waals surface area contributed by atoms with Crippen LogP contribution in [0.5, 0.6) is 0 Å². The van der Waals surface area contributed by atoms with Crippen LogP contribution in [-0.4, -0.2) is 56.7 Å². The van der Waals surface area contributed by atoms with Crippen molar-refractivity contribution in [1.29, 1.82) is 0 Å². The molecule has 2 heterocycles. The Morgan fingerprint density at radius 3 is 2.16 bits per heavy atom. The lowest BCUT2D eigenvalue weighted by Gasteiger charge is -2.47. The molecule has 1 fully saturated rings. The molecule has 2 amide bonds. The number of carbonyl (C=O) groups is 1. The van der Waals surface area contributed by atoms with E-state index in [1.807, 2.05) is 35.4 Å². The van der Waals surface area contributed by atoms with Gasteiger partial charge in [-0.05, 0) is 34.0 Å². The molecule has 1 aliphatic rings. The molecule has 4 rings (SSSR count). The molecular formula is C29H37N5O2Si. The highest BCUT2D eigenvalue weighted by Crippen LogP contribution is 2.38. The topological polar surface area (TPSA) is 78.8 Å². The fourth-order valence-electron chi connectivity index (χ4n) is 5.23. The molecule has 3 aromatic rings. The molecule has 0 bridgehead atoms. The Kier molecular flexibility index (Phi) is 8.40. The second-order valence-electron chi connectivity index (χ2n) is 10.5. The van der Waals surface area contributed by atoms with E-state index >= 15 is 0 Å². The number of amides is 2. The molecule has 37 heavy (non-hydrogen) atoms. The van der Waals surface area contributed by atoms with Crippen LogP contribution in [0.4, 0.5) is 10.6 Å². The zero-order valence-corrected chi connectivity index (χ0v) is 23.1. The highest BCUT2D eigenvalue weighted by Gasteiger charge is 2.52. The maximum absolute atomic E-state index is 13.2. The number of urea groups is 1. The van der Waals surface area contributed by atoms with Crippen LogP contribution in [0.25, 0.3) is 0 Å². The molecule has 194 valence electrons. The predicted octanol–water partition coefficient (Wildman–Crippen LogP) is 4.09. The number of pyridine rings is 1. The van der Waals surface area contributed by atoms with Gasteiger partial charge < -0.3 is 14.3 Å². The quantitative estimate of drug-likeness (QED) is 0.282. The molecular weight excluding hydrogens is 478 g/mol. The summed E-state index contributed by atoms with van der Waals surface area (Å²) in [6, 6.07) is 26.5. The number of aliphatic imine (C=N–C) groups is 1. The summed E-state index contributed by atoms with van der Waals surface area (Å²) < 4.78 is 7.36. The van der Waals surface area contributed by atoms with Gasteiger partial charge in [0.05, 0.1) is 6.10 Å². The minimum atomic E-state index is -2.75. The molecule has 1 aromatic heterocycles. The van der Waals surface area contributed by atoms with Crippen LogP contribution < -0.4 is 21.2 Å². The molecule has 2 aromatic carbocycles. The van der Waals surface area contributed by atoms with Gasteiger partial charge in [-0.25, -0.2) is 9.78 Å². The van der Waals surface area contributed by atoms with Crippen molar-refractivity contribution in [2.45, 2.75) is 38.3 Å². The Balaban J connectivity index is 1.65. The highest BCUT2D eigenvalue weighted by atomic mass is 28.4. The van der Waals surface area contributed by atoms with Gasteiger partial charge in [-0.1, -0.05) is 87.5 Å². The van der Waals surface area contributed by atoms with E-state index in [2.05, 4.69) is 90.1 Å². The molecule has 2 atom stereocenters. The van der Waals surface area contributed by atoms with Crippen molar-refractivity contribution in [3.63, 3.8) is 0 Å². The van der Waals surface area contributed by atoms with E-state index in [1.54, 1.807) is 19.3 Å². The van der Waals surface area contributed by atoms with E-state index in [9.17, 15) is 4.79 Å². The van der Waals surface area contributed by atoms with Crippen molar-refractivity contribution in [3.05, 3.63) is 85.1 Å². The van der Waals surface area contributed by atoms with Crippen molar-refractivity contribution >= 4 is 36.8 Å². The Hall–Kier alpha value is -3.49. The van der Waals surface area contributed by atoms with Gasteiger partial charge in [0, 0.05) is 38.5 Å². The van der Waals surface area contributed by atoms with Crippen LogP contribution in [0.2, 0.25) is 5.04 Å². The van der Waals surface area contributed by atoms with Crippen LogP contribution in [0.15, 0.2) is 90.1 Å².